The Bertz CT molecular complexity index is 1200. The molecule has 8 nitrogen and oxygen atoms in total. The standard InChI is InChI=1S/C21H18N2O6S2/c1-4-28-20(27)18-11(3)22-21(31-18)23-15(12-8-7-10(2)29-12)14(17(25)19(23)26)16(24)13-6-5-9-30-13/h5-9,15,25H,4H2,1-3H3/t15-/m1/s1. The van der Waals surface area contributed by atoms with Crippen LogP contribution in [0.1, 0.15) is 49.5 Å². The van der Waals surface area contributed by atoms with Crippen LogP contribution in [-0.4, -0.2) is 34.4 Å². The summed E-state index contributed by atoms with van der Waals surface area (Å²) in [5, 5.41) is 12.6. The highest BCUT2D eigenvalue weighted by atomic mass is 32.1. The quantitative estimate of drug-likeness (QED) is 0.431. The number of Topliss-reactive ketones (excluding diaryl/α,β-unsaturated/α-hetero) is 1. The third kappa shape index (κ3) is 3.57. The average molecular weight is 459 g/mol. The van der Waals surface area contributed by atoms with Gasteiger partial charge in [-0.3, -0.25) is 14.5 Å². The molecular formula is C21H18N2O6S2. The third-order valence-corrected chi connectivity index (χ3v) is 6.69. The van der Waals surface area contributed by atoms with Crippen LogP contribution in [-0.2, 0) is 9.53 Å². The zero-order valence-corrected chi connectivity index (χ0v) is 18.5. The summed E-state index contributed by atoms with van der Waals surface area (Å²) in [6.07, 6.45) is 0. The average Bonchev–Trinajstić information content (AvgIpc) is 3.50. The molecule has 1 N–H and O–H groups in total. The fourth-order valence-electron chi connectivity index (χ4n) is 3.32. The molecule has 1 aliphatic heterocycles. The van der Waals surface area contributed by atoms with Gasteiger partial charge in [-0.25, -0.2) is 9.78 Å². The van der Waals surface area contributed by atoms with Gasteiger partial charge in [0.15, 0.2) is 10.9 Å². The number of furan rings is 1. The van der Waals surface area contributed by atoms with Crippen molar-refractivity contribution in [1.82, 2.24) is 4.98 Å². The van der Waals surface area contributed by atoms with Gasteiger partial charge in [0.1, 0.15) is 22.4 Å². The van der Waals surface area contributed by atoms with E-state index in [-0.39, 0.29) is 22.2 Å². The summed E-state index contributed by atoms with van der Waals surface area (Å²) < 4.78 is 10.8. The van der Waals surface area contributed by atoms with E-state index in [2.05, 4.69) is 4.98 Å². The molecule has 1 atom stereocenters. The van der Waals surface area contributed by atoms with E-state index < -0.39 is 29.5 Å². The number of aromatic nitrogens is 1. The third-order valence-electron chi connectivity index (χ3n) is 4.68. The molecule has 0 spiro atoms. The number of esters is 1. The van der Waals surface area contributed by atoms with Gasteiger partial charge in [-0.05, 0) is 44.4 Å². The molecule has 0 aromatic carbocycles. The van der Waals surface area contributed by atoms with E-state index in [1.807, 2.05) is 0 Å². The van der Waals surface area contributed by atoms with Crippen molar-refractivity contribution in [3.05, 3.63) is 67.9 Å². The van der Waals surface area contributed by atoms with Crippen molar-refractivity contribution in [2.75, 3.05) is 11.5 Å². The fourth-order valence-corrected chi connectivity index (χ4v) is 4.98. The lowest BCUT2D eigenvalue weighted by molar-refractivity contribution is -0.117. The number of carbonyl (C=O) groups excluding carboxylic acids is 3. The Hall–Kier alpha value is -3.24. The molecule has 4 heterocycles. The van der Waals surface area contributed by atoms with Gasteiger partial charge in [0.2, 0.25) is 5.78 Å². The molecule has 0 radical (unpaired) electrons. The molecule has 4 rings (SSSR count). The van der Waals surface area contributed by atoms with Crippen LogP contribution in [0, 0.1) is 13.8 Å². The second kappa shape index (κ2) is 8.12. The number of aliphatic hydroxyl groups is 1. The molecule has 0 fully saturated rings. The second-order valence-electron chi connectivity index (χ2n) is 6.73. The minimum atomic E-state index is -1.02. The number of amides is 1. The van der Waals surface area contributed by atoms with Gasteiger partial charge in [0.25, 0.3) is 5.91 Å². The van der Waals surface area contributed by atoms with E-state index in [4.69, 9.17) is 9.15 Å². The topological polar surface area (TPSA) is 110 Å². The molecule has 0 saturated carbocycles. The number of anilines is 1. The number of hydrogen-bond donors (Lipinski definition) is 1. The number of thiophene rings is 1. The molecular weight excluding hydrogens is 440 g/mol. The largest absolute Gasteiger partial charge is 0.503 e. The van der Waals surface area contributed by atoms with Crippen molar-refractivity contribution < 1.29 is 28.6 Å². The second-order valence-corrected chi connectivity index (χ2v) is 8.65. The van der Waals surface area contributed by atoms with Gasteiger partial charge < -0.3 is 14.3 Å². The normalized spacial score (nSPS) is 16.3. The number of aliphatic hydroxyl groups excluding tert-OH is 1. The first-order valence-corrected chi connectivity index (χ1v) is 11.1. The molecule has 3 aromatic rings. The Morgan fingerprint density at radius 3 is 2.68 bits per heavy atom. The maximum Gasteiger partial charge on any atom is 0.350 e. The molecule has 1 aliphatic rings. The molecule has 31 heavy (non-hydrogen) atoms. The van der Waals surface area contributed by atoms with Crippen LogP contribution in [0.3, 0.4) is 0 Å². The van der Waals surface area contributed by atoms with Crippen LogP contribution in [0.5, 0.6) is 0 Å². The van der Waals surface area contributed by atoms with Gasteiger partial charge in [-0.2, -0.15) is 0 Å². The van der Waals surface area contributed by atoms with Crippen LogP contribution < -0.4 is 4.90 Å². The van der Waals surface area contributed by atoms with Gasteiger partial charge in [-0.15, -0.1) is 11.3 Å². The zero-order valence-electron chi connectivity index (χ0n) is 16.9. The van der Waals surface area contributed by atoms with Gasteiger partial charge in [-0.1, -0.05) is 17.4 Å². The first kappa shape index (κ1) is 21.0. The van der Waals surface area contributed by atoms with E-state index in [1.54, 1.807) is 50.4 Å². The number of ketones is 1. The van der Waals surface area contributed by atoms with Crippen molar-refractivity contribution in [3.8, 4) is 0 Å². The Morgan fingerprint density at radius 2 is 2.06 bits per heavy atom. The van der Waals surface area contributed by atoms with Crippen molar-refractivity contribution in [1.29, 1.82) is 0 Å². The molecule has 0 unspecified atom stereocenters. The Kier molecular flexibility index (Phi) is 5.50. The summed E-state index contributed by atoms with van der Waals surface area (Å²) in [5.74, 6) is -1.58. The fraction of sp³-hybridized carbons (Fsp3) is 0.238. The van der Waals surface area contributed by atoms with Gasteiger partial charge in [0.05, 0.1) is 22.8 Å². The lowest BCUT2D eigenvalue weighted by Crippen LogP contribution is -2.30. The van der Waals surface area contributed by atoms with E-state index in [1.165, 1.54) is 16.2 Å². The predicted molar refractivity (Wildman–Crippen MR) is 115 cm³/mol. The first-order chi connectivity index (χ1) is 14.8. The monoisotopic (exact) mass is 458 g/mol. The van der Waals surface area contributed by atoms with Crippen molar-refractivity contribution in [2.24, 2.45) is 0 Å². The number of hydrogen-bond acceptors (Lipinski definition) is 9. The number of thiazole rings is 1. The Morgan fingerprint density at radius 1 is 1.29 bits per heavy atom. The molecule has 1 amide bonds. The van der Waals surface area contributed by atoms with Crippen molar-refractivity contribution in [3.63, 3.8) is 0 Å². The van der Waals surface area contributed by atoms with Crippen LogP contribution in [0.2, 0.25) is 0 Å². The summed E-state index contributed by atoms with van der Waals surface area (Å²) in [5.41, 5.74) is 0.297. The maximum absolute atomic E-state index is 13.2. The van der Waals surface area contributed by atoms with Crippen LogP contribution in [0.25, 0.3) is 0 Å². The number of rotatable bonds is 6. The summed E-state index contributed by atoms with van der Waals surface area (Å²) in [6, 6.07) is 5.67. The van der Waals surface area contributed by atoms with Crippen molar-refractivity contribution >= 4 is 45.5 Å². The maximum atomic E-state index is 13.2. The highest BCUT2D eigenvalue weighted by molar-refractivity contribution is 7.17. The highest BCUT2D eigenvalue weighted by Gasteiger charge is 2.47. The molecule has 0 aliphatic carbocycles. The SMILES string of the molecule is CCOC(=O)c1sc(N2C(=O)C(O)=C(C(=O)c3cccs3)[C@H]2c2ccc(C)o2)nc1C. The zero-order chi connectivity index (χ0) is 22.3. The number of nitrogens with zero attached hydrogens (tertiary/aromatic N) is 2. The summed E-state index contributed by atoms with van der Waals surface area (Å²) in [7, 11) is 0. The molecule has 0 bridgehead atoms. The molecule has 3 aromatic heterocycles. The minimum absolute atomic E-state index is 0.0904. The number of ether oxygens (including phenoxy) is 1. The van der Waals surface area contributed by atoms with E-state index in [0.717, 1.165) is 11.3 Å². The lowest BCUT2D eigenvalue weighted by atomic mass is 10.0. The predicted octanol–water partition coefficient (Wildman–Crippen LogP) is 4.37. The lowest BCUT2D eigenvalue weighted by Gasteiger charge is -2.22. The van der Waals surface area contributed by atoms with Gasteiger partial charge >= 0.3 is 5.97 Å². The van der Waals surface area contributed by atoms with Crippen LogP contribution in [0.15, 0.2) is 45.4 Å². The van der Waals surface area contributed by atoms with E-state index in [0.29, 0.717) is 22.1 Å². The smallest absolute Gasteiger partial charge is 0.350 e. The van der Waals surface area contributed by atoms with Crippen molar-refractivity contribution in [2.45, 2.75) is 26.8 Å². The number of aryl methyl sites for hydroxylation is 2. The molecule has 10 heteroatoms. The van der Waals surface area contributed by atoms with Crippen LogP contribution in [0.4, 0.5) is 5.13 Å². The van der Waals surface area contributed by atoms with Crippen LogP contribution >= 0.6 is 22.7 Å². The summed E-state index contributed by atoms with van der Waals surface area (Å²) >= 11 is 2.17. The van der Waals surface area contributed by atoms with Gasteiger partial charge in [0, 0.05) is 0 Å². The van der Waals surface area contributed by atoms with E-state index in [9.17, 15) is 19.5 Å². The number of carbonyl (C=O) groups is 3. The molecule has 0 saturated heterocycles. The Balaban J connectivity index is 1.83. The minimum Gasteiger partial charge on any atom is -0.503 e. The summed E-state index contributed by atoms with van der Waals surface area (Å²) in [4.78, 5) is 44.7. The summed E-state index contributed by atoms with van der Waals surface area (Å²) in [6.45, 7) is 5.26. The van der Waals surface area contributed by atoms with E-state index >= 15 is 0 Å². The molecule has 160 valence electrons. The first-order valence-electron chi connectivity index (χ1n) is 9.39. The Labute approximate surface area is 185 Å². The highest BCUT2D eigenvalue weighted by Crippen LogP contribution is 2.44.